The van der Waals surface area contributed by atoms with E-state index in [1.54, 1.807) is 36.1 Å². The Labute approximate surface area is 237 Å². The van der Waals surface area contributed by atoms with Crippen LogP contribution in [0.5, 0.6) is 0 Å². The lowest BCUT2D eigenvalue weighted by Crippen LogP contribution is -2.54. The molecule has 1 atom stereocenters. The van der Waals surface area contributed by atoms with E-state index in [9.17, 15) is 22.4 Å². The first-order chi connectivity index (χ1) is 19.1. The van der Waals surface area contributed by atoms with Crippen molar-refractivity contribution in [3.8, 4) is 0 Å². The van der Waals surface area contributed by atoms with Crippen LogP contribution in [0.4, 0.5) is 15.8 Å². The third kappa shape index (κ3) is 4.43. The number of hydrogen-bond acceptors (Lipinski definition) is 5. The molecule has 1 unspecified atom stereocenters. The Morgan fingerprint density at radius 1 is 1.07 bits per heavy atom. The van der Waals surface area contributed by atoms with Gasteiger partial charge in [0, 0.05) is 37.3 Å². The zero-order chi connectivity index (χ0) is 28.2. The lowest BCUT2D eigenvalue weighted by Gasteiger charge is -2.45. The SMILES string of the molecule is CC(=O)N1CCC2(CC1)c1cc(NC(=O)c3cccnc3Cl)ccc1N(S(=O)(=O)c1ccc(F)cc1)C2C1CC1. The van der Waals surface area contributed by atoms with Crippen molar-refractivity contribution in [1.29, 1.82) is 0 Å². The van der Waals surface area contributed by atoms with Gasteiger partial charge >= 0.3 is 0 Å². The predicted octanol–water partition coefficient (Wildman–Crippen LogP) is 4.99. The van der Waals surface area contributed by atoms with E-state index >= 15 is 0 Å². The molecule has 1 saturated heterocycles. The summed E-state index contributed by atoms with van der Waals surface area (Å²) in [6.07, 6.45) is 4.47. The Kier molecular flexibility index (Phi) is 6.58. The number of nitrogens with zero attached hydrogens (tertiary/aromatic N) is 3. The number of piperidine rings is 1. The molecule has 1 aromatic heterocycles. The second kappa shape index (κ2) is 9.85. The highest BCUT2D eigenvalue weighted by Gasteiger charge is 2.60. The van der Waals surface area contributed by atoms with E-state index in [1.165, 1.54) is 22.6 Å². The second-order valence-corrected chi connectivity index (χ2v) is 12.9. The largest absolute Gasteiger partial charge is 0.343 e. The quantitative estimate of drug-likeness (QED) is 0.427. The molecule has 2 aromatic carbocycles. The summed E-state index contributed by atoms with van der Waals surface area (Å²) in [7, 11) is -4.04. The normalized spacial score (nSPS) is 19.9. The fourth-order valence-corrected chi connectivity index (χ4v) is 8.34. The molecular formula is C29H28ClFN4O4S. The smallest absolute Gasteiger partial charge is 0.264 e. The van der Waals surface area contributed by atoms with Gasteiger partial charge in [0.2, 0.25) is 5.91 Å². The molecule has 208 valence electrons. The van der Waals surface area contributed by atoms with Crippen molar-refractivity contribution in [3.63, 3.8) is 0 Å². The van der Waals surface area contributed by atoms with E-state index in [0.29, 0.717) is 37.3 Å². The van der Waals surface area contributed by atoms with Gasteiger partial charge in [0.25, 0.3) is 15.9 Å². The zero-order valence-electron chi connectivity index (χ0n) is 21.8. The first-order valence-corrected chi connectivity index (χ1v) is 15.1. The molecule has 1 N–H and O–H groups in total. The van der Waals surface area contributed by atoms with Crippen LogP contribution in [0, 0.1) is 11.7 Å². The Hall–Kier alpha value is -3.50. The molecule has 1 spiro atoms. The van der Waals surface area contributed by atoms with Crippen LogP contribution in [0.2, 0.25) is 5.15 Å². The third-order valence-electron chi connectivity index (χ3n) is 8.39. The van der Waals surface area contributed by atoms with Gasteiger partial charge in [-0.1, -0.05) is 11.6 Å². The summed E-state index contributed by atoms with van der Waals surface area (Å²) in [4.78, 5) is 31.0. The third-order valence-corrected chi connectivity index (χ3v) is 10.5. The molecular weight excluding hydrogens is 555 g/mol. The van der Waals surface area contributed by atoms with E-state index in [4.69, 9.17) is 11.6 Å². The van der Waals surface area contributed by atoms with Gasteiger partial charge in [0.05, 0.1) is 22.2 Å². The molecule has 11 heteroatoms. The zero-order valence-corrected chi connectivity index (χ0v) is 23.4. The van der Waals surface area contributed by atoms with Crippen LogP contribution in [0.25, 0.3) is 0 Å². The first-order valence-electron chi connectivity index (χ1n) is 13.2. The fraction of sp³-hybridized carbons (Fsp3) is 0.345. The second-order valence-electron chi connectivity index (χ2n) is 10.7. The van der Waals surface area contributed by atoms with Crippen molar-refractivity contribution < 1.29 is 22.4 Å². The molecule has 3 aliphatic rings. The number of benzene rings is 2. The van der Waals surface area contributed by atoms with Crippen LogP contribution in [-0.2, 0) is 20.2 Å². The number of carbonyl (C=O) groups is 2. The minimum absolute atomic E-state index is 0.0128. The van der Waals surface area contributed by atoms with E-state index < -0.39 is 27.2 Å². The highest BCUT2D eigenvalue weighted by atomic mass is 35.5. The van der Waals surface area contributed by atoms with Crippen LogP contribution in [0.1, 0.15) is 48.5 Å². The van der Waals surface area contributed by atoms with Crippen LogP contribution in [-0.4, -0.2) is 49.2 Å². The maximum Gasteiger partial charge on any atom is 0.264 e. The summed E-state index contributed by atoms with van der Waals surface area (Å²) < 4.78 is 43.6. The van der Waals surface area contributed by atoms with Crippen LogP contribution in [0.3, 0.4) is 0 Å². The highest BCUT2D eigenvalue weighted by Crippen LogP contribution is 2.59. The first kappa shape index (κ1) is 26.7. The molecule has 40 heavy (non-hydrogen) atoms. The van der Waals surface area contributed by atoms with Gasteiger partial charge in [-0.15, -0.1) is 0 Å². The van der Waals surface area contributed by atoms with Crippen molar-refractivity contribution in [2.24, 2.45) is 5.92 Å². The lowest BCUT2D eigenvalue weighted by molar-refractivity contribution is -0.130. The minimum Gasteiger partial charge on any atom is -0.343 e. The van der Waals surface area contributed by atoms with E-state index in [0.717, 1.165) is 30.5 Å². The van der Waals surface area contributed by atoms with Crippen LogP contribution >= 0.6 is 11.6 Å². The average Bonchev–Trinajstić information content (AvgIpc) is 3.73. The molecule has 1 aliphatic carbocycles. The molecule has 2 fully saturated rings. The summed E-state index contributed by atoms with van der Waals surface area (Å²) in [6, 6.07) is 13.0. The van der Waals surface area contributed by atoms with Crippen molar-refractivity contribution in [3.05, 3.63) is 82.9 Å². The van der Waals surface area contributed by atoms with E-state index in [1.807, 2.05) is 6.07 Å². The van der Waals surface area contributed by atoms with E-state index in [2.05, 4.69) is 10.3 Å². The summed E-state index contributed by atoms with van der Waals surface area (Å²) in [5.74, 6) is -0.798. The molecule has 3 aromatic rings. The fourth-order valence-electron chi connectivity index (χ4n) is 6.33. The van der Waals surface area contributed by atoms with Crippen molar-refractivity contribution in [1.82, 2.24) is 9.88 Å². The molecule has 2 aliphatic heterocycles. The summed E-state index contributed by atoms with van der Waals surface area (Å²) in [5, 5.41) is 2.97. The number of halogens is 2. The Morgan fingerprint density at radius 3 is 2.40 bits per heavy atom. The summed E-state index contributed by atoms with van der Waals surface area (Å²) >= 11 is 6.13. The van der Waals surface area contributed by atoms with Crippen LogP contribution < -0.4 is 9.62 Å². The van der Waals surface area contributed by atoms with Gasteiger partial charge < -0.3 is 10.2 Å². The molecule has 1 saturated carbocycles. The average molecular weight is 583 g/mol. The Bertz CT molecular complexity index is 1600. The Balaban J connectivity index is 1.46. The molecule has 2 amide bonds. The molecule has 3 heterocycles. The monoisotopic (exact) mass is 582 g/mol. The number of anilines is 2. The number of nitrogens with one attached hydrogen (secondary N) is 1. The number of pyridine rings is 1. The van der Waals surface area contributed by atoms with Gasteiger partial charge in [-0.25, -0.2) is 17.8 Å². The number of carbonyl (C=O) groups excluding carboxylic acids is 2. The number of hydrogen-bond donors (Lipinski definition) is 1. The summed E-state index contributed by atoms with van der Waals surface area (Å²) in [6.45, 7) is 2.55. The maximum atomic E-state index is 14.2. The minimum atomic E-state index is -4.04. The number of likely N-dealkylation sites (tertiary alicyclic amines) is 1. The van der Waals surface area contributed by atoms with Gasteiger partial charge in [0.1, 0.15) is 11.0 Å². The predicted molar refractivity (Wildman–Crippen MR) is 149 cm³/mol. The number of aromatic nitrogens is 1. The van der Waals surface area contributed by atoms with Gasteiger partial charge in [0.15, 0.2) is 0 Å². The number of amides is 2. The molecule has 0 radical (unpaired) electrons. The van der Waals surface area contributed by atoms with Crippen molar-refractivity contribution >= 4 is 44.8 Å². The Morgan fingerprint density at radius 2 is 1.77 bits per heavy atom. The number of fused-ring (bicyclic) bond motifs is 2. The molecule has 8 nitrogen and oxygen atoms in total. The van der Waals surface area contributed by atoms with Gasteiger partial charge in [-0.2, -0.15) is 0 Å². The van der Waals surface area contributed by atoms with E-state index in [-0.39, 0.29) is 33.5 Å². The maximum absolute atomic E-state index is 14.2. The number of sulfonamides is 1. The highest BCUT2D eigenvalue weighted by molar-refractivity contribution is 7.92. The topological polar surface area (TPSA) is 99.7 Å². The molecule has 6 rings (SSSR count). The number of rotatable bonds is 5. The van der Waals surface area contributed by atoms with Gasteiger partial charge in [-0.3, -0.25) is 13.9 Å². The summed E-state index contributed by atoms with van der Waals surface area (Å²) in [5.41, 5.74) is 1.56. The lowest BCUT2D eigenvalue weighted by atomic mass is 9.68. The van der Waals surface area contributed by atoms with Crippen molar-refractivity contribution in [2.75, 3.05) is 22.7 Å². The van der Waals surface area contributed by atoms with Crippen molar-refractivity contribution in [2.45, 2.75) is 49.0 Å². The standard InChI is InChI=1S/C29H28ClFN4O4S/c1-18(36)34-15-12-29(13-16-34)24-17-21(33-28(37)23-3-2-14-32-27(23)30)8-11-25(24)35(26(29)19-4-5-19)40(38,39)22-9-6-20(31)7-10-22/h2-3,6-11,14,17,19,26H,4-5,12-13,15-16H2,1H3,(H,33,37). The van der Waals surface area contributed by atoms with Crippen LogP contribution in [0.15, 0.2) is 65.7 Å². The van der Waals surface area contributed by atoms with Gasteiger partial charge in [-0.05, 0) is 91.8 Å². The molecule has 0 bridgehead atoms.